The molecule has 3 N–H and O–H groups in total. The van der Waals surface area contributed by atoms with Gasteiger partial charge < -0.3 is 0 Å². The molecule has 1 rings (SSSR count). The van der Waals surface area contributed by atoms with Gasteiger partial charge >= 0.3 is 0 Å². The lowest BCUT2D eigenvalue weighted by atomic mass is 10.4. The van der Waals surface area contributed by atoms with Gasteiger partial charge in [0.15, 0.2) is 0 Å². The van der Waals surface area contributed by atoms with Crippen LogP contribution in [0.25, 0.3) is 0 Å². The van der Waals surface area contributed by atoms with Crippen molar-refractivity contribution in [3.05, 3.63) is 18.0 Å². The summed E-state index contributed by atoms with van der Waals surface area (Å²) in [5.41, 5.74) is 2.52. The molecule has 0 radical (unpaired) electrons. The zero-order chi connectivity index (χ0) is 8.27. The van der Waals surface area contributed by atoms with Gasteiger partial charge in [0.05, 0.1) is 0 Å². The summed E-state index contributed by atoms with van der Waals surface area (Å²) >= 11 is 0. The highest BCUT2D eigenvalue weighted by atomic mass is 16.2. The van der Waals surface area contributed by atoms with Gasteiger partial charge in [0.2, 0.25) is 0 Å². The van der Waals surface area contributed by atoms with Crippen molar-refractivity contribution in [2.24, 2.45) is 5.84 Å². The van der Waals surface area contributed by atoms with Crippen molar-refractivity contribution in [1.29, 1.82) is 0 Å². The number of nitrogens with two attached hydrogens (primary N) is 1. The molecular weight excluding hydrogens is 144 g/mol. The molecule has 0 spiro atoms. The lowest BCUT2D eigenvalue weighted by molar-refractivity contribution is 0.0943. The molecule has 0 aliphatic heterocycles. The molecule has 0 aromatic carbocycles. The molecule has 0 unspecified atom stereocenters. The van der Waals surface area contributed by atoms with Crippen LogP contribution < -0.4 is 11.3 Å². The van der Waals surface area contributed by atoms with E-state index in [1.807, 2.05) is 12.3 Å². The molecule has 0 aliphatic carbocycles. The molecular formula is C6H10N4O. The monoisotopic (exact) mass is 154 g/mol. The van der Waals surface area contributed by atoms with E-state index in [1.165, 1.54) is 0 Å². The van der Waals surface area contributed by atoms with E-state index in [4.69, 9.17) is 5.84 Å². The molecule has 0 fully saturated rings. The van der Waals surface area contributed by atoms with Gasteiger partial charge in [0, 0.05) is 12.7 Å². The zero-order valence-corrected chi connectivity index (χ0v) is 6.24. The standard InChI is InChI=1S/C6H10N4O/c1-2-10-5(3-4-8-10)6(11)9-7/h3-4H,2,7H2,1H3,(H,9,11). The average molecular weight is 154 g/mol. The molecule has 5 heteroatoms. The number of amides is 1. The van der Waals surface area contributed by atoms with Crippen molar-refractivity contribution in [3.8, 4) is 0 Å². The fourth-order valence-electron chi connectivity index (χ4n) is 0.851. The molecule has 0 atom stereocenters. The van der Waals surface area contributed by atoms with E-state index in [0.29, 0.717) is 12.2 Å². The van der Waals surface area contributed by atoms with Crippen LogP contribution in [0.2, 0.25) is 0 Å². The Morgan fingerprint density at radius 1 is 1.91 bits per heavy atom. The van der Waals surface area contributed by atoms with Crippen molar-refractivity contribution >= 4 is 5.91 Å². The summed E-state index contributed by atoms with van der Waals surface area (Å²) in [6, 6.07) is 1.62. The average Bonchev–Trinajstić information content (AvgIpc) is 2.50. The SMILES string of the molecule is CCn1nccc1C(=O)NN. The van der Waals surface area contributed by atoms with Crippen LogP contribution in [0.5, 0.6) is 0 Å². The van der Waals surface area contributed by atoms with E-state index in [1.54, 1.807) is 16.9 Å². The number of nitrogen functional groups attached to an aromatic ring is 1. The summed E-state index contributed by atoms with van der Waals surface area (Å²) in [5, 5.41) is 3.90. The first-order chi connectivity index (χ1) is 5.29. The Kier molecular flexibility index (Phi) is 2.22. The van der Waals surface area contributed by atoms with Gasteiger partial charge in [-0.2, -0.15) is 5.10 Å². The Labute approximate surface area is 64.2 Å². The van der Waals surface area contributed by atoms with E-state index in [-0.39, 0.29) is 5.91 Å². The van der Waals surface area contributed by atoms with Crippen molar-refractivity contribution < 1.29 is 4.79 Å². The number of aromatic nitrogens is 2. The van der Waals surface area contributed by atoms with Crippen LogP contribution in [0, 0.1) is 0 Å². The summed E-state index contributed by atoms with van der Waals surface area (Å²) in [5.74, 6) is 4.63. The molecule has 1 heterocycles. The minimum atomic E-state index is -0.315. The number of hydrazine groups is 1. The van der Waals surface area contributed by atoms with Crippen LogP contribution in [0.1, 0.15) is 17.4 Å². The van der Waals surface area contributed by atoms with E-state index in [0.717, 1.165) is 0 Å². The summed E-state index contributed by atoms with van der Waals surface area (Å²) in [7, 11) is 0. The number of hydrogen-bond acceptors (Lipinski definition) is 3. The Morgan fingerprint density at radius 3 is 3.18 bits per heavy atom. The quantitative estimate of drug-likeness (QED) is 0.343. The van der Waals surface area contributed by atoms with Crippen LogP contribution in [0.3, 0.4) is 0 Å². The van der Waals surface area contributed by atoms with E-state index in [9.17, 15) is 4.79 Å². The summed E-state index contributed by atoms with van der Waals surface area (Å²) in [6.45, 7) is 2.57. The van der Waals surface area contributed by atoms with Gasteiger partial charge in [-0.15, -0.1) is 0 Å². The number of carbonyl (C=O) groups excluding carboxylic acids is 1. The van der Waals surface area contributed by atoms with Crippen molar-refractivity contribution in [3.63, 3.8) is 0 Å². The second-order valence-corrected chi connectivity index (χ2v) is 2.01. The molecule has 1 amide bonds. The van der Waals surface area contributed by atoms with Crippen LogP contribution in [-0.4, -0.2) is 15.7 Å². The first-order valence-corrected chi connectivity index (χ1v) is 3.32. The Balaban J connectivity index is 2.92. The lowest BCUT2D eigenvalue weighted by Gasteiger charge is -2.01. The lowest BCUT2D eigenvalue weighted by Crippen LogP contribution is -2.31. The van der Waals surface area contributed by atoms with Crippen LogP contribution in [-0.2, 0) is 6.54 Å². The summed E-state index contributed by atoms with van der Waals surface area (Å²) < 4.78 is 1.57. The number of hydrogen-bond donors (Lipinski definition) is 2. The number of nitrogens with one attached hydrogen (secondary N) is 1. The largest absolute Gasteiger partial charge is 0.289 e. The molecule has 0 saturated heterocycles. The predicted molar refractivity (Wildman–Crippen MR) is 39.6 cm³/mol. The van der Waals surface area contributed by atoms with Crippen LogP contribution in [0.15, 0.2) is 12.3 Å². The number of rotatable bonds is 2. The van der Waals surface area contributed by atoms with Crippen LogP contribution >= 0.6 is 0 Å². The Hall–Kier alpha value is -1.36. The van der Waals surface area contributed by atoms with Gasteiger partial charge in [-0.25, -0.2) is 5.84 Å². The topological polar surface area (TPSA) is 72.9 Å². The smallest absolute Gasteiger partial charge is 0.283 e. The van der Waals surface area contributed by atoms with Crippen molar-refractivity contribution in [2.45, 2.75) is 13.5 Å². The third kappa shape index (κ3) is 1.38. The van der Waals surface area contributed by atoms with Gasteiger partial charge in [0.25, 0.3) is 5.91 Å². The predicted octanol–water partition coefficient (Wildman–Crippen LogP) is -0.493. The maximum atomic E-state index is 11.0. The number of nitrogens with zero attached hydrogens (tertiary/aromatic N) is 2. The molecule has 5 nitrogen and oxygen atoms in total. The number of carbonyl (C=O) groups is 1. The third-order valence-electron chi connectivity index (χ3n) is 1.38. The van der Waals surface area contributed by atoms with E-state index in [2.05, 4.69) is 5.10 Å². The highest BCUT2D eigenvalue weighted by Crippen LogP contribution is 1.96. The Morgan fingerprint density at radius 2 is 2.64 bits per heavy atom. The summed E-state index contributed by atoms with van der Waals surface area (Å²) in [6.07, 6.45) is 1.56. The maximum Gasteiger partial charge on any atom is 0.283 e. The fraction of sp³-hybridized carbons (Fsp3) is 0.333. The van der Waals surface area contributed by atoms with Gasteiger partial charge in [-0.3, -0.25) is 14.9 Å². The van der Waals surface area contributed by atoms with Gasteiger partial charge in [0.1, 0.15) is 5.69 Å². The first kappa shape index (κ1) is 7.74. The molecule has 0 aliphatic rings. The zero-order valence-electron chi connectivity index (χ0n) is 6.24. The molecule has 0 bridgehead atoms. The van der Waals surface area contributed by atoms with Crippen LogP contribution in [0.4, 0.5) is 0 Å². The molecule has 0 saturated carbocycles. The molecule has 1 aromatic heterocycles. The number of aryl methyl sites for hydroxylation is 1. The van der Waals surface area contributed by atoms with Gasteiger partial charge in [-0.1, -0.05) is 0 Å². The first-order valence-electron chi connectivity index (χ1n) is 3.32. The molecule has 11 heavy (non-hydrogen) atoms. The normalized spacial score (nSPS) is 9.64. The highest BCUT2D eigenvalue weighted by molar-refractivity contribution is 5.91. The fourth-order valence-corrected chi connectivity index (χ4v) is 0.851. The van der Waals surface area contributed by atoms with E-state index >= 15 is 0 Å². The molecule has 60 valence electrons. The van der Waals surface area contributed by atoms with Gasteiger partial charge in [-0.05, 0) is 13.0 Å². The third-order valence-corrected chi connectivity index (χ3v) is 1.38. The van der Waals surface area contributed by atoms with Crippen molar-refractivity contribution in [1.82, 2.24) is 15.2 Å². The highest BCUT2D eigenvalue weighted by Gasteiger charge is 2.07. The Bertz CT molecular complexity index is 255. The van der Waals surface area contributed by atoms with E-state index < -0.39 is 0 Å². The van der Waals surface area contributed by atoms with Crippen molar-refractivity contribution in [2.75, 3.05) is 0 Å². The summed E-state index contributed by atoms with van der Waals surface area (Å²) in [4.78, 5) is 11.0. The molecule has 1 aromatic rings. The minimum Gasteiger partial charge on any atom is -0.289 e. The second-order valence-electron chi connectivity index (χ2n) is 2.01. The second kappa shape index (κ2) is 3.16. The minimum absolute atomic E-state index is 0.315. The maximum absolute atomic E-state index is 11.0.